The standard InChI is InChI=1S/C50H59NO8/c1-9-54-36(5)57-44-26-19-40(20-27-44)49(34(3)38-17-24-43(25-18-38)56-35(4)52)48(41-21-28-45(29-22-41)58-47-12-10-11-31-55-47)33(2)37-13-15-39(16-14-37)42(32-51)23-30-46(53)59-50(6,7)8/h13-30,33-34,36,42,47-49H,9-12,31H2,1-8H3. The van der Waals surface area contributed by atoms with E-state index in [9.17, 15) is 14.9 Å². The van der Waals surface area contributed by atoms with Crippen LogP contribution in [0.5, 0.6) is 17.2 Å². The van der Waals surface area contributed by atoms with E-state index < -0.39 is 17.5 Å². The second-order valence-electron chi connectivity index (χ2n) is 16.2. The van der Waals surface area contributed by atoms with Crippen molar-refractivity contribution in [3.05, 3.63) is 138 Å². The maximum absolute atomic E-state index is 12.4. The van der Waals surface area contributed by atoms with Gasteiger partial charge in [0.15, 0.2) is 12.6 Å². The molecule has 0 spiro atoms. The lowest BCUT2D eigenvalue weighted by molar-refractivity contribution is -0.150. The number of ether oxygens (including phenoxy) is 6. The number of benzene rings is 4. The SMILES string of the molecule is CCOC(C)Oc1ccc(C(C(C)c2ccc(OC(C)=O)cc2)C(c2ccc(OC3CCCCO3)cc2)C(C)c2ccc(C(C#N)[CH][CH]C(=O)OC(C)(C)C)cc2)cc1. The van der Waals surface area contributed by atoms with Crippen LogP contribution in [0.3, 0.4) is 0 Å². The molecule has 9 heteroatoms. The van der Waals surface area contributed by atoms with E-state index in [0.717, 1.165) is 52.8 Å². The molecule has 5 rings (SSSR count). The van der Waals surface area contributed by atoms with Gasteiger partial charge in [0.2, 0.25) is 0 Å². The third-order valence-electron chi connectivity index (χ3n) is 10.6. The van der Waals surface area contributed by atoms with Crippen molar-refractivity contribution in [1.29, 1.82) is 5.26 Å². The first-order valence-corrected chi connectivity index (χ1v) is 20.7. The number of carbonyl (C=O) groups excluding carboxylic acids is 2. The van der Waals surface area contributed by atoms with Crippen LogP contribution >= 0.6 is 0 Å². The van der Waals surface area contributed by atoms with Gasteiger partial charge in [-0.1, -0.05) is 74.5 Å². The molecule has 7 atom stereocenters. The number of nitriles is 1. The van der Waals surface area contributed by atoms with Crippen molar-refractivity contribution in [2.75, 3.05) is 13.2 Å². The minimum Gasteiger partial charge on any atom is -0.465 e. The van der Waals surface area contributed by atoms with Crippen molar-refractivity contribution in [3.8, 4) is 23.3 Å². The maximum Gasteiger partial charge on any atom is 0.310 e. The predicted molar refractivity (Wildman–Crippen MR) is 228 cm³/mol. The molecule has 1 fully saturated rings. The summed E-state index contributed by atoms with van der Waals surface area (Å²) in [5.74, 6) is 0.347. The average molecular weight is 802 g/mol. The van der Waals surface area contributed by atoms with Gasteiger partial charge in [-0.15, -0.1) is 0 Å². The fraction of sp³-hybridized carbons (Fsp3) is 0.420. The van der Waals surface area contributed by atoms with Crippen LogP contribution in [0.25, 0.3) is 0 Å². The van der Waals surface area contributed by atoms with Crippen molar-refractivity contribution >= 4 is 11.9 Å². The highest BCUT2D eigenvalue weighted by Gasteiger charge is 2.35. The lowest BCUT2D eigenvalue weighted by atomic mass is 9.66. The Kier molecular flexibility index (Phi) is 16.1. The molecular weight excluding hydrogens is 743 g/mol. The molecule has 0 bridgehead atoms. The molecule has 4 aromatic rings. The van der Waals surface area contributed by atoms with E-state index in [1.54, 1.807) is 6.42 Å². The molecule has 0 N–H and O–H groups in total. The van der Waals surface area contributed by atoms with E-state index in [2.05, 4.69) is 56.3 Å². The topological polar surface area (TPSA) is 113 Å². The average Bonchev–Trinajstić information content (AvgIpc) is 3.20. The van der Waals surface area contributed by atoms with Crippen molar-refractivity contribution in [3.63, 3.8) is 0 Å². The highest BCUT2D eigenvalue weighted by molar-refractivity contribution is 5.81. The van der Waals surface area contributed by atoms with Gasteiger partial charge in [-0.3, -0.25) is 9.59 Å². The summed E-state index contributed by atoms with van der Waals surface area (Å²) in [4.78, 5) is 24.1. The van der Waals surface area contributed by atoms with E-state index >= 15 is 0 Å². The minimum absolute atomic E-state index is 0.00487. The molecule has 7 unspecified atom stereocenters. The van der Waals surface area contributed by atoms with Gasteiger partial charge in [-0.2, -0.15) is 5.26 Å². The Balaban J connectivity index is 1.54. The van der Waals surface area contributed by atoms with Gasteiger partial charge in [-0.05, 0) is 142 Å². The van der Waals surface area contributed by atoms with Crippen LogP contribution < -0.4 is 14.2 Å². The summed E-state index contributed by atoms with van der Waals surface area (Å²) in [6, 6.07) is 34.8. The van der Waals surface area contributed by atoms with Crippen LogP contribution in [0.4, 0.5) is 0 Å². The number of carbonyl (C=O) groups is 2. The first-order chi connectivity index (χ1) is 28.2. The predicted octanol–water partition coefficient (Wildman–Crippen LogP) is 11.1. The molecule has 2 radical (unpaired) electrons. The molecule has 1 aliphatic rings. The monoisotopic (exact) mass is 801 g/mol. The van der Waals surface area contributed by atoms with E-state index in [0.29, 0.717) is 24.7 Å². The third-order valence-corrected chi connectivity index (χ3v) is 10.6. The summed E-state index contributed by atoms with van der Waals surface area (Å²) < 4.78 is 34.6. The molecule has 0 aromatic heterocycles. The molecule has 0 saturated carbocycles. The van der Waals surface area contributed by atoms with Crippen LogP contribution in [0.2, 0.25) is 0 Å². The van der Waals surface area contributed by atoms with Gasteiger partial charge in [0.25, 0.3) is 0 Å². The molecule has 59 heavy (non-hydrogen) atoms. The van der Waals surface area contributed by atoms with Crippen LogP contribution in [0.15, 0.2) is 97.1 Å². The van der Waals surface area contributed by atoms with Gasteiger partial charge in [0, 0.05) is 20.0 Å². The molecule has 1 heterocycles. The van der Waals surface area contributed by atoms with Gasteiger partial charge >= 0.3 is 11.9 Å². The van der Waals surface area contributed by atoms with Gasteiger partial charge in [0.1, 0.15) is 22.8 Å². The summed E-state index contributed by atoms with van der Waals surface area (Å²) >= 11 is 0. The molecule has 312 valence electrons. The number of hydrogen-bond donors (Lipinski definition) is 0. The zero-order chi connectivity index (χ0) is 42.5. The summed E-state index contributed by atoms with van der Waals surface area (Å²) in [5, 5.41) is 10.1. The van der Waals surface area contributed by atoms with Crippen LogP contribution in [-0.4, -0.2) is 43.3 Å². The van der Waals surface area contributed by atoms with Gasteiger partial charge < -0.3 is 28.4 Å². The first kappa shape index (κ1) is 44.9. The van der Waals surface area contributed by atoms with Crippen LogP contribution in [0.1, 0.15) is 132 Å². The second kappa shape index (κ2) is 21.2. The highest BCUT2D eigenvalue weighted by Crippen LogP contribution is 2.50. The zero-order valence-corrected chi connectivity index (χ0v) is 35.7. The zero-order valence-electron chi connectivity index (χ0n) is 35.7. The summed E-state index contributed by atoms with van der Waals surface area (Å²) in [6.07, 6.45) is 5.26. The minimum atomic E-state index is -0.629. The normalized spacial score (nSPS) is 17.3. The first-order valence-electron chi connectivity index (χ1n) is 20.7. The third kappa shape index (κ3) is 13.2. The Bertz CT molecular complexity index is 1960. The number of esters is 2. The molecule has 9 nitrogen and oxygen atoms in total. The Hall–Kier alpha value is -5.17. The molecular formula is C50H59NO8. The summed E-state index contributed by atoms with van der Waals surface area (Å²) in [6.45, 7) is 16.4. The maximum atomic E-state index is 12.4. The van der Waals surface area contributed by atoms with E-state index in [-0.39, 0.29) is 42.2 Å². The fourth-order valence-corrected chi connectivity index (χ4v) is 7.73. The van der Waals surface area contributed by atoms with Crippen LogP contribution in [-0.2, 0) is 23.8 Å². The summed E-state index contributed by atoms with van der Waals surface area (Å²) in [7, 11) is 0. The van der Waals surface area contributed by atoms with Crippen molar-refractivity contribution in [2.24, 2.45) is 0 Å². The van der Waals surface area contributed by atoms with E-state index in [1.165, 1.54) is 13.3 Å². The van der Waals surface area contributed by atoms with Crippen molar-refractivity contribution < 1.29 is 38.0 Å². The Morgan fingerprint density at radius 1 is 0.763 bits per heavy atom. The molecule has 0 aliphatic carbocycles. The van der Waals surface area contributed by atoms with Crippen molar-refractivity contribution in [2.45, 2.75) is 122 Å². The smallest absolute Gasteiger partial charge is 0.310 e. The molecule has 0 amide bonds. The molecule has 1 aliphatic heterocycles. The van der Waals surface area contributed by atoms with E-state index in [1.807, 2.05) is 95.3 Å². The molecule has 4 aromatic carbocycles. The Labute approximate surface area is 350 Å². The Morgan fingerprint density at radius 2 is 1.27 bits per heavy atom. The quantitative estimate of drug-likeness (QED) is 0.0551. The van der Waals surface area contributed by atoms with Gasteiger partial charge in [-0.25, -0.2) is 0 Å². The lowest BCUT2D eigenvalue weighted by Crippen LogP contribution is -2.25. The highest BCUT2D eigenvalue weighted by atomic mass is 16.7. The second-order valence-corrected chi connectivity index (χ2v) is 16.2. The largest absolute Gasteiger partial charge is 0.465 e. The van der Waals surface area contributed by atoms with Gasteiger partial charge in [0.05, 0.1) is 25.0 Å². The number of nitrogens with zero attached hydrogens (tertiary/aromatic N) is 1. The van der Waals surface area contributed by atoms with Crippen LogP contribution in [0, 0.1) is 24.2 Å². The fourth-order valence-electron chi connectivity index (χ4n) is 7.73. The molecule has 1 saturated heterocycles. The summed E-state index contributed by atoms with van der Waals surface area (Å²) in [5.41, 5.74) is 4.59. The number of hydrogen-bond acceptors (Lipinski definition) is 9. The van der Waals surface area contributed by atoms with Crippen molar-refractivity contribution in [1.82, 2.24) is 0 Å². The van der Waals surface area contributed by atoms with E-state index in [4.69, 9.17) is 28.4 Å². The number of rotatable bonds is 18. The lowest BCUT2D eigenvalue weighted by Gasteiger charge is -2.37. The Morgan fingerprint density at radius 3 is 1.76 bits per heavy atom.